The molecule has 8 nitrogen and oxygen atoms in total. The Morgan fingerprint density at radius 1 is 1.00 bits per heavy atom. The number of nitrogens with zero attached hydrogens (tertiary/aromatic N) is 4. The maximum Gasteiger partial charge on any atom is 0.240 e. The van der Waals surface area contributed by atoms with E-state index in [0.717, 1.165) is 5.56 Å². The first-order chi connectivity index (χ1) is 13.6. The van der Waals surface area contributed by atoms with Crippen molar-refractivity contribution in [3.8, 4) is 34.8 Å². The molecule has 3 aromatic rings. The third-order valence-corrected chi connectivity index (χ3v) is 3.80. The zero-order valence-corrected chi connectivity index (χ0v) is 15.2. The minimum atomic E-state index is 0.0337. The van der Waals surface area contributed by atoms with Gasteiger partial charge in [-0.1, -0.05) is 24.3 Å². The van der Waals surface area contributed by atoms with Crippen LogP contribution in [0.1, 0.15) is 11.4 Å². The van der Waals surface area contributed by atoms with Gasteiger partial charge in [0.2, 0.25) is 5.95 Å². The molecule has 0 aliphatic carbocycles. The van der Waals surface area contributed by atoms with Crippen LogP contribution in [0, 0.1) is 11.5 Å². The molecule has 0 aliphatic rings. The van der Waals surface area contributed by atoms with E-state index in [1.165, 1.54) is 6.07 Å². The highest BCUT2D eigenvalue weighted by atomic mass is 16.5. The molecule has 0 atom stereocenters. The van der Waals surface area contributed by atoms with Crippen LogP contribution >= 0.6 is 0 Å². The first-order valence-electron chi connectivity index (χ1n) is 8.24. The number of phenolic OH excluding ortho intramolecular Hbond substituents is 1. The summed E-state index contributed by atoms with van der Waals surface area (Å²) in [6.45, 7) is 0. The van der Waals surface area contributed by atoms with Crippen LogP contribution in [-0.4, -0.2) is 34.3 Å². The normalized spacial score (nSPS) is 10.5. The molecule has 8 heteroatoms. The van der Waals surface area contributed by atoms with Gasteiger partial charge in [0.05, 0.1) is 19.8 Å². The van der Waals surface area contributed by atoms with Gasteiger partial charge in [-0.25, -0.2) is 4.98 Å². The van der Waals surface area contributed by atoms with E-state index in [4.69, 9.17) is 14.7 Å². The van der Waals surface area contributed by atoms with Gasteiger partial charge in [-0.2, -0.15) is 15.2 Å². The zero-order chi connectivity index (χ0) is 19.9. The molecule has 0 saturated carbocycles. The highest BCUT2D eigenvalue weighted by Crippen LogP contribution is 2.29. The molecule has 0 saturated heterocycles. The van der Waals surface area contributed by atoms with Crippen LogP contribution in [-0.2, 0) is 0 Å². The molecule has 1 aromatic heterocycles. The average Bonchev–Trinajstić information content (AvgIpc) is 2.72. The second-order valence-corrected chi connectivity index (χ2v) is 5.54. The highest BCUT2D eigenvalue weighted by molar-refractivity contribution is 5.71. The number of hydrogen-bond acceptors (Lipinski definition) is 8. The van der Waals surface area contributed by atoms with E-state index >= 15 is 0 Å². The van der Waals surface area contributed by atoms with Crippen molar-refractivity contribution in [2.75, 3.05) is 19.5 Å². The minimum Gasteiger partial charge on any atom is -0.507 e. The molecule has 28 heavy (non-hydrogen) atoms. The Morgan fingerprint density at radius 3 is 2.50 bits per heavy atom. The van der Waals surface area contributed by atoms with Crippen molar-refractivity contribution in [1.82, 2.24) is 15.0 Å². The molecular weight excluding hydrogens is 358 g/mol. The van der Waals surface area contributed by atoms with Crippen molar-refractivity contribution < 1.29 is 14.6 Å². The van der Waals surface area contributed by atoms with Crippen LogP contribution in [0.3, 0.4) is 0 Å². The summed E-state index contributed by atoms with van der Waals surface area (Å²) in [5.74, 6) is 1.91. The lowest BCUT2D eigenvalue weighted by Gasteiger charge is -2.08. The van der Waals surface area contributed by atoms with Crippen LogP contribution < -0.4 is 14.8 Å². The maximum atomic E-state index is 10.1. The van der Waals surface area contributed by atoms with Crippen molar-refractivity contribution in [2.45, 2.75) is 0 Å². The van der Waals surface area contributed by atoms with E-state index in [0.29, 0.717) is 22.9 Å². The monoisotopic (exact) mass is 375 g/mol. The molecule has 0 aliphatic heterocycles. The van der Waals surface area contributed by atoms with Gasteiger partial charge in [0.1, 0.15) is 5.75 Å². The van der Waals surface area contributed by atoms with E-state index in [9.17, 15) is 5.11 Å². The van der Waals surface area contributed by atoms with Gasteiger partial charge in [-0.05, 0) is 35.9 Å². The number of hydrogen-bond donors (Lipinski definition) is 2. The van der Waals surface area contributed by atoms with Crippen LogP contribution in [0.25, 0.3) is 23.5 Å². The number of aromatic nitrogens is 3. The number of nitriles is 1. The fourth-order valence-corrected chi connectivity index (χ4v) is 2.48. The van der Waals surface area contributed by atoms with Crippen molar-refractivity contribution in [3.05, 3.63) is 53.9 Å². The SMILES string of the molecule is COc1ccc(C=Cc2nc(NC#N)nc(-c3ccccc3O)n2)cc1OC. The number of para-hydroxylation sites is 1. The van der Waals surface area contributed by atoms with Gasteiger partial charge in [0.25, 0.3) is 0 Å². The molecule has 140 valence electrons. The van der Waals surface area contributed by atoms with Gasteiger partial charge < -0.3 is 14.6 Å². The summed E-state index contributed by atoms with van der Waals surface area (Å²) >= 11 is 0. The maximum absolute atomic E-state index is 10.1. The number of methoxy groups -OCH3 is 2. The quantitative estimate of drug-likeness (QED) is 0.498. The van der Waals surface area contributed by atoms with Gasteiger partial charge in [0, 0.05) is 0 Å². The van der Waals surface area contributed by atoms with Crippen molar-refractivity contribution in [3.63, 3.8) is 0 Å². The van der Waals surface area contributed by atoms with Crippen LogP contribution in [0.2, 0.25) is 0 Å². The molecular formula is C20H17N5O3. The van der Waals surface area contributed by atoms with E-state index in [1.807, 2.05) is 12.1 Å². The van der Waals surface area contributed by atoms with E-state index < -0.39 is 0 Å². The number of ether oxygens (including phenoxy) is 2. The number of nitrogens with one attached hydrogen (secondary N) is 1. The molecule has 0 bridgehead atoms. The summed E-state index contributed by atoms with van der Waals surface area (Å²) in [6.07, 6.45) is 5.26. The topological polar surface area (TPSA) is 113 Å². The summed E-state index contributed by atoms with van der Waals surface area (Å²) in [6, 6.07) is 12.1. The number of benzene rings is 2. The fourth-order valence-electron chi connectivity index (χ4n) is 2.48. The lowest BCUT2D eigenvalue weighted by atomic mass is 10.2. The van der Waals surface area contributed by atoms with Crippen LogP contribution in [0.4, 0.5) is 5.95 Å². The molecule has 0 fully saturated rings. The smallest absolute Gasteiger partial charge is 0.240 e. The molecule has 2 aromatic carbocycles. The van der Waals surface area contributed by atoms with Crippen LogP contribution in [0.15, 0.2) is 42.5 Å². The van der Waals surface area contributed by atoms with E-state index in [2.05, 4.69) is 20.3 Å². The Morgan fingerprint density at radius 2 is 1.79 bits per heavy atom. The van der Waals surface area contributed by atoms with Gasteiger partial charge in [-0.15, -0.1) is 0 Å². The van der Waals surface area contributed by atoms with Crippen molar-refractivity contribution in [2.24, 2.45) is 0 Å². The number of anilines is 1. The first-order valence-corrected chi connectivity index (χ1v) is 8.24. The Hall–Kier alpha value is -4.12. The predicted molar refractivity (Wildman–Crippen MR) is 105 cm³/mol. The summed E-state index contributed by atoms with van der Waals surface area (Å²) in [5, 5.41) is 21.3. The van der Waals surface area contributed by atoms with Crippen molar-refractivity contribution >= 4 is 18.1 Å². The predicted octanol–water partition coefficient (Wildman–Crippen LogP) is 3.32. The molecule has 2 N–H and O–H groups in total. The van der Waals surface area contributed by atoms with E-state index in [1.54, 1.807) is 56.8 Å². The fraction of sp³-hybridized carbons (Fsp3) is 0.100. The van der Waals surface area contributed by atoms with Crippen LogP contribution in [0.5, 0.6) is 17.2 Å². The largest absolute Gasteiger partial charge is 0.507 e. The first kappa shape index (κ1) is 18.7. The van der Waals surface area contributed by atoms with Gasteiger partial charge in [-0.3, -0.25) is 5.32 Å². The third-order valence-electron chi connectivity index (χ3n) is 3.80. The molecule has 0 amide bonds. The Bertz CT molecular complexity index is 1060. The lowest BCUT2D eigenvalue weighted by Crippen LogP contribution is -2.02. The highest BCUT2D eigenvalue weighted by Gasteiger charge is 2.11. The Labute approximate surface area is 161 Å². The van der Waals surface area contributed by atoms with Crippen molar-refractivity contribution in [1.29, 1.82) is 5.26 Å². The molecule has 0 spiro atoms. The number of phenols is 1. The molecule has 3 rings (SSSR count). The second-order valence-electron chi connectivity index (χ2n) is 5.54. The standard InChI is InChI=1S/C20H17N5O3/c1-27-16-9-7-13(11-17(16)28-2)8-10-18-23-19(25-20(24-18)22-12-21)14-5-3-4-6-15(14)26/h3-11,26H,1-2H3,(H,22,23,24,25). The second kappa shape index (κ2) is 8.51. The zero-order valence-electron chi connectivity index (χ0n) is 15.2. The van der Waals surface area contributed by atoms with Gasteiger partial charge in [0.15, 0.2) is 29.3 Å². The van der Waals surface area contributed by atoms with E-state index in [-0.39, 0.29) is 17.5 Å². The Balaban J connectivity index is 1.99. The molecule has 1 heterocycles. The molecule has 0 radical (unpaired) electrons. The Kier molecular flexibility index (Phi) is 5.67. The average molecular weight is 375 g/mol. The molecule has 0 unspecified atom stereocenters. The van der Waals surface area contributed by atoms with Gasteiger partial charge >= 0.3 is 0 Å². The summed E-state index contributed by atoms with van der Waals surface area (Å²) in [7, 11) is 3.14. The lowest BCUT2D eigenvalue weighted by molar-refractivity contribution is 0.355. The summed E-state index contributed by atoms with van der Waals surface area (Å²) < 4.78 is 10.5. The minimum absolute atomic E-state index is 0.0337. The third kappa shape index (κ3) is 4.16. The number of aromatic hydroxyl groups is 1. The summed E-state index contributed by atoms with van der Waals surface area (Å²) in [5.41, 5.74) is 1.28. The summed E-state index contributed by atoms with van der Waals surface area (Å²) in [4.78, 5) is 12.7. The number of rotatable bonds is 6.